The summed E-state index contributed by atoms with van der Waals surface area (Å²) in [5.41, 5.74) is -0.601. The van der Waals surface area contributed by atoms with E-state index < -0.39 is 27.4 Å². The van der Waals surface area contributed by atoms with Gasteiger partial charge in [-0.25, -0.2) is 4.79 Å². The fraction of sp³-hybridized carbons (Fsp3) is 0.417. The van der Waals surface area contributed by atoms with Crippen molar-refractivity contribution in [3.05, 3.63) is 39.4 Å². The average molecular weight is 285 g/mol. The molecule has 0 bridgehead atoms. The molecule has 1 aromatic carbocycles. The lowest BCUT2D eigenvalue weighted by molar-refractivity contribution is -0.385. The Bertz CT molecular complexity index is 529. The van der Waals surface area contributed by atoms with Crippen LogP contribution in [0, 0.1) is 10.1 Å². The fourth-order valence-corrected chi connectivity index (χ4v) is 2.79. The van der Waals surface area contributed by atoms with Crippen LogP contribution in [0.25, 0.3) is 0 Å². The van der Waals surface area contributed by atoms with Crippen LogP contribution in [0.4, 0.5) is 5.69 Å². The molecule has 0 heterocycles. The van der Waals surface area contributed by atoms with Crippen molar-refractivity contribution in [2.24, 2.45) is 0 Å². The van der Waals surface area contributed by atoms with E-state index in [1.807, 2.05) is 6.92 Å². The second-order valence-corrected chi connectivity index (χ2v) is 5.97. The second-order valence-electron chi connectivity index (χ2n) is 4.12. The van der Waals surface area contributed by atoms with Crippen molar-refractivity contribution in [2.45, 2.75) is 31.3 Å². The second kappa shape index (κ2) is 6.42. The lowest BCUT2D eigenvalue weighted by Crippen LogP contribution is -2.14. The van der Waals surface area contributed by atoms with Gasteiger partial charge in [0.2, 0.25) is 0 Å². The number of carboxylic acid groups (broad SMARTS) is 1. The highest BCUT2D eigenvalue weighted by molar-refractivity contribution is 7.84. The molecule has 2 unspecified atom stereocenters. The molecule has 0 saturated heterocycles. The highest BCUT2D eigenvalue weighted by atomic mass is 32.2. The molecule has 104 valence electrons. The zero-order chi connectivity index (χ0) is 14.6. The molecule has 0 spiro atoms. The van der Waals surface area contributed by atoms with Gasteiger partial charge in [-0.1, -0.05) is 26.0 Å². The van der Waals surface area contributed by atoms with Crippen LogP contribution in [0.3, 0.4) is 0 Å². The van der Waals surface area contributed by atoms with Crippen molar-refractivity contribution in [1.82, 2.24) is 0 Å². The molecule has 1 aromatic rings. The Labute approximate surface area is 113 Å². The van der Waals surface area contributed by atoms with E-state index in [0.29, 0.717) is 6.42 Å². The van der Waals surface area contributed by atoms with Gasteiger partial charge in [0, 0.05) is 27.9 Å². The van der Waals surface area contributed by atoms with E-state index in [1.165, 1.54) is 12.1 Å². The monoisotopic (exact) mass is 285 g/mol. The molecule has 0 fully saturated rings. The zero-order valence-electron chi connectivity index (χ0n) is 10.7. The van der Waals surface area contributed by atoms with Crippen molar-refractivity contribution >= 4 is 22.5 Å². The number of aromatic carboxylic acids is 1. The standard InChI is InChI=1S/C12H15NO5S/c1-3-8(2)19(18)7-9-5-4-6-10(13(16)17)11(9)12(14)15/h4-6,8H,3,7H2,1-2H3,(H,14,15). The first-order chi connectivity index (χ1) is 8.88. The summed E-state index contributed by atoms with van der Waals surface area (Å²) in [5, 5.41) is 19.8. The lowest BCUT2D eigenvalue weighted by Gasteiger charge is -2.10. The van der Waals surface area contributed by atoms with Gasteiger partial charge in [0.15, 0.2) is 0 Å². The molecule has 7 heteroatoms. The normalized spacial score (nSPS) is 13.8. The van der Waals surface area contributed by atoms with Gasteiger partial charge in [-0.2, -0.15) is 0 Å². The minimum atomic E-state index is -1.37. The molecule has 0 aliphatic carbocycles. The zero-order valence-corrected chi connectivity index (χ0v) is 11.5. The van der Waals surface area contributed by atoms with E-state index >= 15 is 0 Å². The Balaban J connectivity index is 3.21. The van der Waals surface area contributed by atoms with Crippen LogP contribution in [0.5, 0.6) is 0 Å². The summed E-state index contributed by atoms with van der Waals surface area (Å²) in [6, 6.07) is 4.02. The largest absolute Gasteiger partial charge is 0.477 e. The van der Waals surface area contributed by atoms with Crippen LogP contribution >= 0.6 is 0 Å². The number of hydrogen-bond donors (Lipinski definition) is 1. The molecule has 2 atom stereocenters. The fourth-order valence-electron chi connectivity index (χ4n) is 1.59. The lowest BCUT2D eigenvalue weighted by atomic mass is 10.1. The molecule has 6 nitrogen and oxygen atoms in total. The Morgan fingerprint density at radius 3 is 2.63 bits per heavy atom. The number of nitrogens with zero attached hydrogens (tertiary/aromatic N) is 1. The molecule has 1 N–H and O–H groups in total. The number of carboxylic acids is 1. The van der Waals surface area contributed by atoms with Crippen LogP contribution in [0.2, 0.25) is 0 Å². The number of nitro benzene ring substituents is 1. The molecule has 19 heavy (non-hydrogen) atoms. The van der Waals surface area contributed by atoms with E-state index in [2.05, 4.69) is 0 Å². The van der Waals surface area contributed by atoms with Crippen molar-refractivity contribution in [2.75, 3.05) is 0 Å². The van der Waals surface area contributed by atoms with Gasteiger partial charge in [0.25, 0.3) is 5.69 Å². The number of nitro groups is 1. The number of carbonyl (C=O) groups is 1. The first-order valence-electron chi connectivity index (χ1n) is 5.75. The van der Waals surface area contributed by atoms with Gasteiger partial charge in [0.1, 0.15) is 5.56 Å². The molecule has 0 amide bonds. The van der Waals surface area contributed by atoms with Gasteiger partial charge >= 0.3 is 5.97 Å². The van der Waals surface area contributed by atoms with Crippen LogP contribution in [0.1, 0.15) is 36.2 Å². The van der Waals surface area contributed by atoms with E-state index in [1.54, 1.807) is 6.92 Å². The smallest absolute Gasteiger partial charge is 0.343 e. The van der Waals surface area contributed by atoms with E-state index in [-0.39, 0.29) is 22.1 Å². The first kappa shape index (κ1) is 15.3. The topological polar surface area (TPSA) is 97.5 Å². The van der Waals surface area contributed by atoms with Crippen LogP contribution in [-0.4, -0.2) is 25.5 Å². The number of rotatable bonds is 6. The maximum Gasteiger partial charge on any atom is 0.343 e. The molecule has 1 rings (SSSR count). The third-order valence-corrected chi connectivity index (χ3v) is 4.69. The minimum absolute atomic E-state index is 0.0122. The van der Waals surface area contributed by atoms with Crippen LogP contribution in [0.15, 0.2) is 18.2 Å². The van der Waals surface area contributed by atoms with Crippen molar-refractivity contribution < 1.29 is 19.0 Å². The third kappa shape index (κ3) is 3.60. The van der Waals surface area contributed by atoms with E-state index in [4.69, 9.17) is 5.11 Å². The Kier molecular flexibility index (Phi) is 5.17. The summed E-state index contributed by atoms with van der Waals surface area (Å²) in [5.74, 6) is -1.36. The Morgan fingerprint density at radius 2 is 2.16 bits per heavy atom. The molecule has 0 aliphatic rings. The summed E-state index contributed by atoms with van der Waals surface area (Å²) in [6.07, 6.45) is 0.698. The number of hydrogen-bond acceptors (Lipinski definition) is 4. The van der Waals surface area contributed by atoms with Gasteiger partial charge in [-0.15, -0.1) is 0 Å². The van der Waals surface area contributed by atoms with E-state index in [0.717, 1.165) is 6.07 Å². The molecule has 0 aliphatic heterocycles. The third-order valence-electron chi connectivity index (χ3n) is 2.86. The summed E-state index contributed by atoms with van der Waals surface area (Å²) < 4.78 is 11.9. The summed E-state index contributed by atoms with van der Waals surface area (Å²) in [6.45, 7) is 3.68. The van der Waals surface area contributed by atoms with Crippen molar-refractivity contribution in [3.8, 4) is 0 Å². The van der Waals surface area contributed by atoms with Gasteiger partial charge in [0.05, 0.1) is 4.92 Å². The molecular formula is C12H15NO5S. The predicted octanol–water partition coefficient (Wildman–Crippen LogP) is 2.34. The summed E-state index contributed by atoms with van der Waals surface area (Å²) in [4.78, 5) is 21.2. The summed E-state index contributed by atoms with van der Waals surface area (Å²) in [7, 11) is -1.25. The van der Waals surface area contributed by atoms with Crippen molar-refractivity contribution in [1.29, 1.82) is 0 Å². The number of benzene rings is 1. The van der Waals surface area contributed by atoms with Crippen LogP contribution < -0.4 is 0 Å². The highest BCUT2D eigenvalue weighted by Gasteiger charge is 2.24. The molecular weight excluding hydrogens is 270 g/mol. The van der Waals surface area contributed by atoms with Crippen LogP contribution in [-0.2, 0) is 16.6 Å². The van der Waals surface area contributed by atoms with Gasteiger partial charge < -0.3 is 5.11 Å². The molecule has 0 aromatic heterocycles. The SMILES string of the molecule is CCC(C)S(=O)Cc1cccc([N+](=O)[O-])c1C(=O)O. The minimum Gasteiger partial charge on any atom is -0.477 e. The van der Waals surface area contributed by atoms with Crippen molar-refractivity contribution in [3.63, 3.8) is 0 Å². The summed E-state index contributed by atoms with van der Waals surface area (Å²) >= 11 is 0. The Morgan fingerprint density at radius 1 is 1.53 bits per heavy atom. The van der Waals surface area contributed by atoms with E-state index in [9.17, 15) is 19.1 Å². The van der Waals surface area contributed by atoms with Gasteiger partial charge in [-0.3, -0.25) is 14.3 Å². The van der Waals surface area contributed by atoms with Gasteiger partial charge in [-0.05, 0) is 12.0 Å². The highest BCUT2D eigenvalue weighted by Crippen LogP contribution is 2.24. The molecule has 0 radical (unpaired) electrons. The average Bonchev–Trinajstić information content (AvgIpc) is 2.36. The Hall–Kier alpha value is -1.76. The quantitative estimate of drug-likeness (QED) is 0.639. The molecule has 0 saturated carbocycles. The maximum absolute atomic E-state index is 11.9. The predicted molar refractivity (Wildman–Crippen MR) is 71.7 cm³/mol. The maximum atomic E-state index is 11.9. The first-order valence-corrected chi connectivity index (χ1v) is 7.13.